The van der Waals surface area contributed by atoms with Crippen molar-refractivity contribution >= 4 is 29.2 Å². The molecule has 2 aliphatic heterocycles. The molecule has 0 bridgehead atoms. The molecule has 1 aliphatic carbocycles. The second kappa shape index (κ2) is 13.3. The number of benzene rings is 1. The van der Waals surface area contributed by atoms with Gasteiger partial charge in [0.1, 0.15) is 0 Å². The van der Waals surface area contributed by atoms with Crippen molar-refractivity contribution in [1.29, 1.82) is 0 Å². The molecule has 7 nitrogen and oxygen atoms in total. The van der Waals surface area contributed by atoms with Crippen LogP contribution < -0.4 is 10.2 Å². The number of amides is 1. The van der Waals surface area contributed by atoms with Crippen LogP contribution in [0, 0.1) is 0 Å². The summed E-state index contributed by atoms with van der Waals surface area (Å²) in [6.07, 6.45) is 10.1. The Morgan fingerprint density at radius 2 is 1.78 bits per heavy atom. The Bertz CT molecular complexity index is 933. The van der Waals surface area contributed by atoms with Crippen LogP contribution in [0.5, 0.6) is 0 Å². The Balaban J connectivity index is 1.08. The Morgan fingerprint density at radius 1 is 1.06 bits per heavy atom. The van der Waals surface area contributed by atoms with E-state index >= 15 is 0 Å². The van der Waals surface area contributed by atoms with E-state index in [0.29, 0.717) is 24.6 Å². The van der Waals surface area contributed by atoms with Gasteiger partial charge in [0.05, 0.1) is 12.2 Å². The smallest absolute Gasteiger partial charge is 0.337 e. The van der Waals surface area contributed by atoms with Crippen LogP contribution in [0.1, 0.15) is 39.0 Å². The molecule has 1 atom stereocenters. The van der Waals surface area contributed by atoms with Crippen molar-refractivity contribution in [3.63, 3.8) is 0 Å². The summed E-state index contributed by atoms with van der Waals surface area (Å²) >= 11 is 6.00. The predicted molar refractivity (Wildman–Crippen MR) is 144 cm³/mol. The number of carbonyl (C=O) groups excluding carboxylic acids is 2. The number of hydrogen-bond donors (Lipinski definition) is 1. The molecule has 1 amide bonds. The zero-order valence-corrected chi connectivity index (χ0v) is 22.1. The van der Waals surface area contributed by atoms with Gasteiger partial charge in [-0.15, -0.1) is 0 Å². The molecule has 1 N–H and O–H groups in total. The fourth-order valence-electron chi connectivity index (χ4n) is 5.20. The molecular weight excluding hydrogens is 476 g/mol. The average Bonchev–Trinajstić information content (AvgIpc) is 2.90. The van der Waals surface area contributed by atoms with Crippen LogP contribution in [-0.4, -0.2) is 86.2 Å². The first-order valence-corrected chi connectivity index (χ1v) is 13.7. The van der Waals surface area contributed by atoms with E-state index in [2.05, 4.69) is 33.3 Å². The SMILES string of the molecule is CCOC(=O)C1=CCC(NC2CCN(C(=O)CCCN3CCN(c4ccc(Cl)cc4)CC3)CC2)C=C1. The molecule has 196 valence electrons. The maximum absolute atomic E-state index is 12.8. The van der Waals surface area contributed by atoms with Gasteiger partial charge in [-0.05, 0) is 63.4 Å². The molecule has 0 spiro atoms. The van der Waals surface area contributed by atoms with Crippen LogP contribution in [0.15, 0.2) is 48.1 Å². The lowest BCUT2D eigenvalue weighted by molar-refractivity contribution is -0.138. The first kappa shape index (κ1) is 26.7. The van der Waals surface area contributed by atoms with Crippen LogP contribution in [0.25, 0.3) is 0 Å². The van der Waals surface area contributed by atoms with Crippen LogP contribution in [0.3, 0.4) is 0 Å². The molecule has 0 aromatic heterocycles. The molecule has 36 heavy (non-hydrogen) atoms. The molecule has 0 radical (unpaired) electrons. The summed E-state index contributed by atoms with van der Waals surface area (Å²) in [5, 5.41) is 4.44. The Kier molecular flexibility index (Phi) is 9.84. The maximum Gasteiger partial charge on any atom is 0.337 e. The first-order valence-electron chi connectivity index (χ1n) is 13.3. The molecule has 4 rings (SSSR count). The number of hydrogen-bond acceptors (Lipinski definition) is 6. The third kappa shape index (κ3) is 7.58. The first-order chi connectivity index (χ1) is 17.5. The second-order valence-electron chi connectivity index (χ2n) is 9.81. The molecule has 1 unspecified atom stereocenters. The quantitative estimate of drug-likeness (QED) is 0.508. The second-order valence-corrected chi connectivity index (χ2v) is 10.2. The molecule has 1 aromatic carbocycles. The number of halogens is 1. The van der Waals surface area contributed by atoms with Crippen molar-refractivity contribution in [2.24, 2.45) is 0 Å². The summed E-state index contributed by atoms with van der Waals surface area (Å²) in [6, 6.07) is 8.69. The highest BCUT2D eigenvalue weighted by Crippen LogP contribution is 2.20. The van der Waals surface area contributed by atoms with Gasteiger partial charge in [0.2, 0.25) is 5.91 Å². The molecule has 1 aromatic rings. The van der Waals surface area contributed by atoms with Gasteiger partial charge in [0.25, 0.3) is 0 Å². The monoisotopic (exact) mass is 514 g/mol. The highest BCUT2D eigenvalue weighted by Gasteiger charge is 2.25. The van der Waals surface area contributed by atoms with E-state index in [-0.39, 0.29) is 17.9 Å². The van der Waals surface area contributed by atoms with E-state index in [1.165, 1.54) is 5.69 Å². The van der Waals surface area contributed by atoms with Crippen molar-refractivity contribution < 1.29 is 14.3 Å². The van der Waals surface area contributed by atoms with Crippen LogP contribution >= 0.6 is 11.6 Å². The van der Waals surface area contributed by atoms with Gasteiger partial charge in [-0.3, -0.25) is 9.69 Å². The van der Waals surface area contributed by atoms with E-state index in [1.54, 1.807) is 0 Å². The molecule has 2 fully saturated rings. The van der Waals surface area contributed by atoms with E-state index in [9.17, 15) is 9.59 Å². The topological polar surface area (TPSA) is 65.1 Å². The van der Waals surface area contributed by atoms with Crippen LogP contribution in [-0.2, 0) is 14.3 Å². The number of ether oxygens (including phenoxy) is 1. The number of carbonyl (C=O) groups is 2. The fraction of sp³-hybridized carbons (Fsp3) is 0.571. The average molecular weight is 515 g/mol. The minimum atomic E-state index is -0.251. The number of nitrogens with zero attached hydrogens (tertiary/aromatic N) is 3. The highest BCUT2D eigenvalue weighted by atomic mass is 35.5. The number of piperidine rings is 1. The summed E-state index contributed by atoms with van der Waals surface area (Å²) in [5.41, 5.74) is 1.86. The van der Waals surface area contributed by atoms with Crippen LogP contribution in [0.2, 0.25) is 5.02 Å². The number of piperazine rings is 1. The molecule has 3 aliphatic rings. The van der Waals surface area contributed by atoms with Crippen molar-refractivity contribution in [3.8, 4) is 0 Å². The molecule has 0 saturated carbocycles. The summed E-state index contributed by atoms with van der Waals surface area (Å²) in [6.45, 7) is 8.89. The van der Waals surface area contributed by atoms with E-state index in [4.69, 9.17) is 16.3 Å². The predicted octanol–water partition coefficient (Wildman–Crippen LogP) is 3.64. The number of likely N-dealkylation sites (tertiary alicyclic amines) is 1. The number of anilines is 1. The van der Waals surface area contributed by atoms with Gasteiger partial charge >= 0.3 is 5.97 Å². The van der Waals surface area contributed by atoms with E-state index in [1.807, 2.05) is 36.1 Å². The fourth-order valence-corrected chi connectivity index (χ4v) is 5.33. The van der Waals surface area contributed by atoms with Crippen molar-refractivity contribution in [2.75, 3.05) is 57.3 Å². The van der Waals surface area contributed by atoms with E-state index in [0.717, 1.165) is 76.5 Å². The summed E-state index contributed by atoms with van der Waals surface area (Å²) in [5.74, 6) is 0.0343. The summed E-state index contributed by atoms with van der Waals surface area (Å²) < 4.78 is 5.06. The molecule has 2 saturated heterocycles. The van der Waals surface area contributed by atoms with Crippen molar-refractivity contribution in [1.82, 2.24) is 15.1 Å². The summed E-state index contributed by atoms with van der Waals surface area (Å²) in [7, 11) is 0. The highest BCUT2D eigenvalue weighted by molar-refractivity contribution is 6.30. The standard InChI is InChI=1S/C28H39ClN4O3/c1-2-36-28(35)22-5-9-24(10-6-22)30-25-13-16-33(17-14-25)27(34)4-3-15-31-18-20-32(21-19-31)26-11-7-23(29)8-12-26/h5-9,11-12,24-25,30H,2-4,10,13-21H2,1H3. The van der Waals surface area contributed by atoms with Gasteiger partial charge in [-0.25, -0.2) is 4.79 Å². The third-order valence-corrected chi connectivity index (χ3v) is 7.59. The zero-order chi connectivity index (χ0) is 25.3. The molecule has 8 heteroatoms. The lowest BCUT2D eigenvalue weighted by atomic mass is 9.99. The van der Waals surface area contributed by atoms with Crippen molar-refractivity contribution in [2.45, 2.75) is 51.1 Å². The van der Waals surface area contributed by atoms with Gasteiger partial charge in [0, 0.05) is 68.5 Å². The lowest BCUT2D eigenvalue weighted by Crippen LogP contribution is -2.48. The number of rotatable bonds is 9. The minimum absolute atomic E-state index is 0.232. The van der Waals surface area contributed by atoms with Gasteiger partial charge in [0.15, 0.2) is 0 Å². The largest absolute Gasteiger partial charge is 0.462 e. The number of nitrogens with one attached hydrogen (secondary N) is 1. The zero-order valence-electron chi connectivity index (χ0n) is 21.3. The Labute approximate surface area is 220 Å². The number of esters is 1. The normalized spacial score (nSPS) is 21.4. The van der Waals surface area contributed by atoms with Gasteiger partial charge < -0.3 is 19.9 Å². The molecular formula is C28H39ClN4O3. The minimum Gasteiger partial charge on any atom is -0.462 e. The maximum atomic E-state index is 12.8. The Hall–Kier alpha value is -2.35. The van der Waals surface area contributed by atoms with E-state index < -0.39 is 0 Å². The van der Waals surface area contributed by atoms with Gasteiger partial charge in [-0.1, -0.05) is 29.8 Å². The van der Waals surface area contributed by atoms with Gasteiger partial charge in [-0.2, -0.15) is 0 Å². The Morgan fingerprint density at radius 3 is 2.42 bits per heavy atom. The molecule has 2 heterocycles. The lowest BCUT2D eigenvalue weighted by Gasteiger charge is -2.36. The third-order valence-electron chi connectivity index (χ3n) is 7.34. The van der Waals surface area contributed by atoms with Crippen molar-refractivity contribution in [3.05, 3.63) is 53.1 Å². The van der Waals surface area contributed by atoms with Crippen LogP contribution in [0.4, 0.5) is 5.69 Å². The summed E-state index contributed by atoms with van der Waals surface area (Å²) in [4.78, 5) is 31.5.